The molecule has 0 aliphatic carbocycles. The maximum absolute atomic E-state index is 10.7. The first-order valence-corrected chi connectivity index (χ1v) is 6.27. The summed E-state index contributed by atoms with van der Waals surface area (Å²) in [6, 6.07) is 10.6. The average Bonchev–Trinajstić information content (AvgIpc) is 2.86. The van der Waals surface area contributed by atoms with Gasteiger partial charge in [-0.3, -0.25) is 0 Å². The summed E-state index contributed by atoms with van der Waals surface area (Å²) in [5, 5.41) is 5.63. The highest BCUT2D eigenvalue weighted by atomic mass is 16.5. The number of ether oxygens (including phenoxy) is 1. The number of primary amides is 1. The third-order valence-electron chi connectivity index (χ3n) is 3.12. The number of fused-ring (bicyclic) bond motifs is 3. The zero-order valence-corrected chi connectivity index (χ0v) is 11.3. The monoisotopic (exact) mass is 283 g/mol. The lowest BCUT2D eigenvalue weighted by molar-refractivity contribution is 0.249. The molecule has 1 heterocycles. The largest absolute Gasteiger partial charge is 0.493 e. The summed E-state index contributed by atoms with van der Waals surface area (Å²) in [5.74, 6) is 0.640. The lowest BCUT2D eigenvalue weighted by Crippen LogP contribution is -2.24. The second-order valence-electron chi connectivity index (χ2n) is 4.39. The van der Waals surface area contributed by atoms with Crippen molar-refractivity contribution in [2.24, 2.45) is 10.8 Å². The van der Waals surface area contributed by atoms with E-state index in [1.807, 2.05) is 30.3 Å². The number of hydrogen-bond donors (Lipinski definition) is 2. The number of urea groups is 1. The summed E-state index contributed by atoms with van der Waals surface area (Å²) in [6.07, 6.45) is 1.52. The van der Waals surface area contributed by atoms with Gasteiger partial charge in [-0.25, -0.2) is 10.2 Å². The molecule has 0 bridgehead atoms. The number of carbonyl (C=O) groups excluding carboxylic acids is 1. The molecule has 2 aromatic carbocycles. The number of nitrogens with zero attached hydrogens (tertiary/aromatic N) is 1. The fraction of sp³-hybridized carbons (Fsp3) is 0.0667. The maximum atomic E-state index is 10.7. The van der Waals surface area contributed by atoms with Crippen LogP contribution >= 0.6 is 0 Å². The highest BCUT2D eigenvalue weighted by Crippen LogP contribution is 2.36. The Bertz CT molecular complexity index is 852. The molecule has 1 aromatic heterocycles. The van der Waals surface area contributed by atoms with Gasteiger partial charge in [0.25, 0.3) is 0 Å². The van der Waals surface area contributed by atoms with Crippen molar-refractivity contribution in [3.63, 3.8) is 0 Å². The van der Waals surface area contributed by atoms with Crippen molar-refractivity contribution >= 4 is 34.2 Å². The van der Waals surface area contributed by atoms with Crippen LogP contribution in [0.1, 0.15) is 5.56 Å². The van der Waals surface area contributed by atoms with Gasteiger partial charge in [0.05, 0.1) is 13.3 Å². The topological polar surface area (TPSA) is 89.9 Å². The Labute approximate surface area is 120 Å². The van der Waals surface area contributed by atoms with E-state index in [4.69, 9.17) is 14.9 Å². The number of carbonyl (C=O) groups is 1. The molecule has 21 heavy (non-hydrogen) atoms. The van der Waals surface area contributed by atoms with Gasteiger partial charge in [-0.1, -0.05) is 18.2 Å². The van der Waals surface area contributed by atoms with Gasteiger partial charge in [-0.2, -0.15) is 5.10 Å². The highest BCUT2D eigenvalue weighted by molar-refractivity contribution is 6.14. The fourth-order valence-electron chi connectivity index (χ4n) is 2.26. The van der Waals surface area contributed by atoms with Crippen molar-refractivity contribution in [1.29, 1.82) is 0 Å². The van der Waals surface area contributed by atoms with Crippen LogP contribution in [0.2, 0.25) is 0 Å². The van der Waals surface area contributed by atoms with Gasteiger partial charge in [0.15, 0.2) is 11.3 Å². The van der Waals surface area contributed by atoms with E-state index in [9.17, 15) is 4.79 Å². The standard InChI is InChI=1S/C15H13N3O3/c1-20-12-7-6-9(8-17-18-15(16)19)13-10-4-2-3-5-11(10)21-14(12)13/h2-8H,1H3,(H3,16,18,19)/b17-8-. The van der Waals surface area contributed by atoms with E-state index in [0.717, 1.165) is 21.9 Å². The Hall–Kier alpha value is -3.02. The van der Waals surface area contributed by atoms with Crippen molar-refractivity contribution in [3.8, 4) is 5.75 Å². The molecule has 3 N–H and O–H groups in total. The van der Waals surface area contributed by atoms with Gasteiger partial charge in [0, 0.05) is 16.3 Å². The number of rotatable bonds is 3. The van der Waals surface area contributed by atoms with Crippen molar-refractivity contribution in [1.82, 2.24) is 5.43 Å². The number of nitrogens with one attached hydrogen (secondary N) is 1. The van der Waals surface area contributed by atoms with E-state index >= 15 is 0 Å². The average molecular weight is 283 g/mol. The van der Waals surface area contributed by atoms with E-state index in [1.165, 1.54) is 6.21 Å². The molecule has 0 unspecified atom stereocenters. The zero-order valence-electron chi connectivity index (χ0n) is 11.3. The number of nitrogens with two attached hydrogens (primary N) is 1. The molecule has 3 rings (SSSR count). The lowest BCUT2D eigenvalue weighted by Gasteiger charge is -2.02. The van der Waals surface area contributed by atoms with E-state index in [1.54, 1.807) is 13.2 Å². The Balaban J connectivity index is 2.25. The number of benzene rings is 2. The van der Waals surface area contributed by atoms with Crippen LogP contribution in [0.25, 0.3) is 21.9 Å². The van der Waals surface area contributed by atoms with Crippen molar-refractivity contribution in [3.05, 3.63) is 42.0 Å². The van der Waals surface area contributed by atoms with Crippen LogP contribution in [-0.2, 0) is 0 Å². The molecule has 0 radical (unpaired) electrons. The molecule has 0 saturated heterocycles. The zero-order chi connectivity index (χ0) is 14.8. The molecule has 6 heteroatoms. The van der Waals surface area contributed by atoms with Gasteiger partial charge < -0.3 is 14.9 Å². The summed E-state index contributed by atoms with van der Waals surface area (Å²) in [4.78, 5) is 10.7. The molecule has 0 saturated carbocycles. The first-order chi connectivity index (χ1) is 10.2. The lowest BCUT2D eigenvalue weighted by atomic mass is 10.1. The maximum Gasteiger partial charge on any atom is 0.332 e. The number of hydrogen-bond acceptors (Lipinski definition) is 4. The summed E-state index contributed by atoms with van der Waals surface area (Å²) in [7, 11) is 1.59. The minimum Gasteiger partial charge on any atom is -0.493 e. The van der Waals surface area contributed by atoms with Crippen LogP contribution in [0.15, 0.2) is 45.9 Å². The van der Waals surface area contributed by atoms with Gasteiger partial charge >= 0.3 is 6.03 Å². The minimum atomic E-state index is -0.715. The molecule has 0 spiro atoms. The van der Waals surface area contributed by atoms with Gasteiger partial charge in [0.2, 0.25) is 0 Å². The first-order valence-electron chi connectivity index (χ1n) is 6.27. The Morgan fingerprint density at radius 2 is 2.14 bits per heavy atom. The predicted octanol–water partition coefficient (Wildman–Crippen LogP) is 2.60. The Kier molecular flexibility index (Phi) is 3.19. The van der Waals surface area contributed by atoms with E-state index < -0.39 is 6.03 Å². The molecule has 2 amide bonds. The molecule has 0 aliphatic rings. The third kappa shape index (κ3) is 2.27. The van der Waals surface area contributed by atoms with Crippen molar-refractivity contribution in [2.75, 3.05) is 7.11 Å². The van der Waals surface area contributed by atoms with E-state index in [0.29, 0.717) is 11.3 Å². The fourth-order valence-corrected chi connectivity index (χ4v) is 2.26. The second kappa shape index (κ2) is 5.16. The molecular formula is C15H13N3O3. The molecule has 0 fully saturated rings. The summed E-state index contributed by atoms with van der Waals surface area (Å²) in [6.45, 7) is 0. The van der Waals surface area contributed by atoms with Crippen molar-refractivity contribution in [2.45, 2.75) is 0 Å². The number of hydrazone groups is 1. The number of para-hydroxylation sites is 1. The molecule has 3 aromatic rings. The Morgan fingerprint density at radius 3 is 2.90 bits per heavy atom. The molecular weight excluding hydrogens is 270 g/mol. The SMILES string of the molecule is COc1ccc(/C=N\NC(N)=O)c2c1oc1ccccc12. The van der Waals surface area contributed by atoms with E-state index in [2.05, 4.69) is 10.5 Å². The predicted molar refractivity (Wildman–Crippen MR) is 80.6 cm³/mol. The van der Waals surface area contributed by atoms with Crippen LogP contribution in [-0.4, -0.2) is 19.4 Å². The summed E-state index contributed by atoms with van der Waals surface area (Å²) < 4.78 is 11.2. The number of amides is 2. The van der Waals surface area contributed by atoms with Gasteiger partial charge in [-0.15, -0.1) is 0 Å². The van der Waals surface area contributed by atoms with E-state index in [-0.39, 0.29) is 0 Å². The number of methoxy groups -OCH3 is 1. The summed E-state index contributed by atoms with van der Waals surface area (Å²) >= 11 is 0. The Morgan fingerprint density at radius 1 is 1.33 bits per heavy atom. The van der Waals surface area contributed by atoms with Crippen LogP contribution in [0, 0.1) is 0 Å². The quantitative estimate of drug-likeness (QED) is 0.572. The highest BCUT2D eigenvalue weighted by Gasteiger charge is 2.14. The molecule has 6 nitrogen and oxygen atoms in total. The van der Waals surface area contributed by atoms with Gasteiger partial charge in [-0.05, 0) is 18.2 Å². The molecule has 0 atom stereocenters. The van der Waals surface area contributed by atoms with Crippen LogP contribution in [0.3, 0.4) is 0 Å². The first kappa shape index (κ1) is 13.0. The van der Waals surface area contributed by atoms with Crippen LogP contribution < -0.4 is 15.9 Å². The summed E-state index contributed by atoms with van der Waals surface area (Å²) in [5.41, 5.74) is 9.35. The second-order valence-corrected chi connectivity index (χ2v) is 4.39. The van der Waals surface area contributed by atoms with Crippen molar-refractivity contribution < 1.29 is 13.9 Å². The third-order valence-corrected chi connectivity index (χ3v) is 3.12. The minimum absolute atomic E-state index is 0.640. The van der Waals surface area contributed by atoms with Crippen LogP contribution in [0.5, 0.6) is 5.75 Å². The smallest absolute Gasteiger partial charge is 0.332 e. The number of furan rings is 1. The normalized spacial score (nSPS) is 11.3. The van der Waals surface area contributed by atoms with Gasteiger partial charge in [0.1, 0.15) is 5.58 Å². The van der Waals surface area contributed by atoms with Crippen LogP contribution in [0.4, 0.5) is 4.79 Å². The molecule has 106 valence electrons. The molecule has 0 aliphatic heterocycles.